The van der Waals surface area contributed by atoms with Crippen LogP contribution in [-0.4, -0.2) is 15.2 Å². The Morgan fingerprint density at radius 2 is 2.15 bits per heavy atom. The molecule has 0 radical (unpaired) electrons. The van der Waals surface area contributed by atoms with Crippen molar-refractivity contribution in [3.8, 4) is 0 Å². The first-order chi connectivity index (χ1) is 9.32. The van der Waals surface area contributed by atoms with Gasteiger partial charge in [-0.3, -0.25) is 4.98 Å². The van der Waals surface area contributed by atoms with Crippen molar-refractivity contribution < 1.29 is 14.0 Å². The minimum Gasteiger partial charge on any atom is -0.383 e. The van der Waals surface area contributed by atoms with Gasteiger partial charge < -0.3 is 9.63 Å². The molecule has 0 fully saturated rings. The van der Waals surface area contributed by atoms with Crippen LogP contribution in [0.4, 0.5) is 4.39 Å². The van der Waals surface area contributed by atoms with Gasteiger partial charge in [0.15, 0.2) is 0 Å². The molecule has 1 atom stereocenters. The van der Waals surface area contributed by atoms with Gasteiger partial charge >= 0.3 is 0 Å². The summed E-state index contributed by atoms with van der Waals surface area (Å²) >= 11 is 3.28. The third-order valence-electron chi connectivity index (χ3n) is 3.72. The number of rotatable bonds is 1. The topological polar surface area (TPSA) is 59.2 Å². The number of fused-ring (bicyclic) bond motifs is 1. The van der Waals surface area contributed by atoms with Gasteiger partial charge in [-0.15, -0.1) is 0 Å². The van der Waals surface area contributed by atoms with Crippen LogP contribution in [0.15, 0.2) is 27.5 Å². The van der Waals surface area contributed by atoms with Crippen LogP contribution in [0, 0.1) is 5.82 Å². The van der Waals surface area contributed by atoms with E-state index >= 15 is 0 Å². The number of halogens is 2. The summed E-state index contributed by atoms with van der Waals surface area (Å²) in [5.74, 6) is 0.352. The van der Waals surface area contributed by atoms with Crippen molar-refractivity contribution in [2.75, 3.05) is 0 Å². The predicted molar refractivity (Wildman–Crippen MR) is 73.6 cm³/mol. The standard InChI is InChI=1S/C14H14BrFN2O2/c1-13(2)7-14(19,4-8-5-18-20-12(8)13)11-10(15)3-9(16)6-17-11/h3,5-6,19H,4,7H2,1-2H3. The van der Waals surface area contributed by atoms with Crippen molar-refractivity contribution in [3.63, 3.8) is 0 Å². The fourth-order valence-electron chi connectivity index (χ4n) is 3.06. The molecule has 0 aromatic carbocycles. The van der Waals surface area contributed by atoms with Crippen LogP contribution in [0.25, 0.3) is 0 Å². The minimum absolute atomic E-state index is 0.354. The molecule has 1 unspecified atom stereocenters. The lowest BCUT2D eigenvalue weighted by Gasteiger charge is -2.39. The highest BCUT2D eigenvalue weighted by molar-refractivity contribution is 9.10. The van der Waals surface area contributed by atoms with Gasteiger partial charge in [0.2, 0.25) is 0 Å². The third kappa shape index (κ3) is 2.07. The van der Waals surface area contributed by atoms with E-state index in [-0.39, 0.29) is 5.41 Å². The maximum Gasteiger partial charge on any atom is 0.145 e. The van der Waals surface area contributed by atoms with Crippen LogP contribution in [0.2, 0.25) is 0 Å². The largest absolute Gasteiger partial charge is 0.383 e. The van der Waals surface area contributed by atoms with Crippen molar-refractivity contribution in [2.24, 2.45) is 0 Å². The van der Waals surface area contributed by atoms with Crippen molar-refractivity contribution in [1.29, 1.82) is 0 Å². The fraction of sp³-hybridized carbons (Fsp3) is 0.429. The van der Waals surface area contributed by atoms with Crippen molar-refractivity contribution in [1.82, 2.24) is 10.1 Å². The lowest BCUT2D eigenvalue weighted by molar-refractivity contribution is -0.0104. The van der Waals surface area contributed by atoms with Gasteiger partial charge in [-0.05, 0) is 28.4 Å². The predicted octanol–water partition coefficient (Wildman–Crippen LogP) is 3.08. The Bertz CT molecular complexity index is 671. The molecule has 4 nitrogen and oxygen atoms in total. The van der Waals surface area contributed by atoms with Crippen molar-refractivity contribution in [2.45, 2.75) is 37.7 Å². The molecule has 6 heteroatoms. The van der Waals surface area contributed by atoms with Crippen LogP contribution in [-0.2, 0) is 17.4 Å². The van der Waals surface area contributed by atoms with Crippen LogP contribution in [0.5, 0.6) is 0 Å². The Hall–Kier alpha value is -1.27. The summed E-state index contributed by atoms with van der Waals surface area (Å²) in [6, 6.07) is 1.32. The normalized spacial score (nSPS) is 24.4. The molecule has 0 bridgehead atoms. The van der Waals surface area contributed by atoms with E-state index in [1.807, 2.05) is 13.8 Å². The van der Waals surface area contributed by atoms with Gasteiger partial charge in [-0.25, -0.2) is 4.39 Å². The molecule has 1 N–H and O–H groups in total. The van der Waals surface area contributed by atoms with Gasteiger partial charge in [-0.1, -0.05) is 19.0 Å². The summed E-state index contributed by atoms with van der Waals surface area (Å²) in [7, 11) is 0. The molecule has 0 spiro atoms. The smallest absolute Gasteiger partial charge is 0.145 e. The Balaban J connectivity index is 2.10. The maximum atomic E-state index is 13.2. The average Bonchev–Trinajstić information content (AvgIpc) is 2.75. The molecule has 0 aliphatic heterocycles. The van der Waals surface area contributed by atoms with Crippen molar-refractivity contribution in [3.05, 3.63) is 45.8 Å². The van der Waals surface area contributed by atoms with E-state index in [1.54, 1.807) is 6.20 Å². The first-order valence-corrected chi connectivity index (χ1v) is 7.09. The molecule has 1 aliphatic rings. The van der Waals surface area contributed by atoms with Gasteiger partial charge in [0.05, 0.1) is 18.1 Å². The fourth-order valence-corrected chi connectivity index (χ4v) is 3.75. The van der Waals surface area contributed by atoms with Crippen LogP contribution in [0.3, 0.4) is 0 Å². The second-order valence-electron chi connectivity index (χ2n) is 5.93. The number of nitrogens with zero attached hydrogens (tertiary/aromatic N) is 2. The van der Waals surface area contributed by atoms with Crippen molar-refractivity contribution >= 4 is 15.9 Å². The third-order valence-corrected chi connectivity index (χ3v) is 4.33. The van der Waals surface area contributed by atoms with Gasteiger partial charge in [0, 0.05) is 21.9 Å². The molecule has 3 rings (SSSR count). The highest BCUT2D eigenvalue weighted by atomic mass is 79.9. The summed E-state index contributed by atoms with van der Waals surface area (Å²) in [4.78, 5) is 4.07. The molecule has 0 amide bonds. The van der Waals surface area contributed by atoms with E-state index in [9.17, 15) is 9.50 Å². The zero-order valence-corrected chi connectivity index (χ0v) is 12.7. The second-order valence-corrected chi connectivity index (χ2v) is 6.79. The van der Waals surface area contributed by atoms with E-state index in [0.717, 1.165) is 17.5 Å². The molecule has 106 valence electrons. The van der Waals surface area contributed by atoms with E-state index in [1.165, 1.54) is 6.07 Å². The Morgan fingerprint density at radius 3 is 2.85 bits per heavy atom. The highest BCUT2D eigenvalue weighted by Gasteiger charge is 2.47. The summed E-state index contributed by atoms with van der Waals surface area (Å²) in [5, 5.41) is 14.8. The van der Waals surface area contributed by atoms with Crippen LogP contribution >= 0.6 is 15.9 Å². The number of aliphatic hydroxyl groups is 1. The Labute approximate surface area is 124 Å². The first-order valence-electron chi connectivity index (χ1n) is 6.30. The Morgan fingerprint density at radius 1 is 1.40 bits per heavy atom. The quantitative estimate of drug-likeness (QED) is 0.866. The Kier molecular flexibility index (Phi) is 2.99. The molecule has 0 saturated heterocycles. The number of hydrogen-bond acceptors (Lipinski definition) is 4. The van der Waals surface area contributed by atoms with Crippen LogP contribution < -0.4 is 0 Å². The second kappa shape index (κ2) is 4.36. The molecular formula is C14H14BrFN2O2. The zero-order valence-electron chi connectivity index (χ0n) is 11.2. The van der Waals surface area contributed by atoms with E-state index in [0.29, 0.717) is 23.0 Å². The lowest BCUT2D eigenvalue weighted by Crippen LogP contribution is -2.41. The number of aromatic nitrogens is 2. The molecular weight excluding hydrogens is 327 g/mol. The van der Waals surface area contributed by atoms with E-state index in [4.69, 9.17) is 4.52 Å². The van der Waals surface area contributed by atoms with Gasteiger partial charge in [0.1, 0.15) is 17.2 Å². The summed E-state index contributed by atoms with van der Waals surface area (Å²) in [5.41, 5.74) is -0.233. The first kappa shape index (κ1) is 13.7. The lowest BCUT2D eigenvalue weighted by atomic mass is 9.68. The summed E-state index contributed by atoms with van der Waals surface area (Å²) < 4.78 is 18.9. The van der Waals surface area contributed by atoms with E-state index < -0.39 is 11.4 Å². The number of hydrogen-bond donors (Lipinski definition) is 1. The molecule has 1 aliphatic carbocycles. The molecule has 2 heterocycles. The molecule has 2 aromatic heterocycles. The average molecular weight is 341 g/mol. The van der Waals surface area contributed by atoms with Gasteiger partial charge in [0.25, 0.3) is 0 Å². The monoisotopic (exact) mass is 340 g/mol. The number of pyridine rings is 1. The SMILES string of the molecule is CC1(C)CC(O)(c2ncc(F)cc2Br)Cc2cnoc21. The van der Waals surface area contributed by atoms with Gasteiger partial charge in [-0.2, -0.15) is 0 Å². The molecule has 20 heavy (non-hydrogen) atoms. The molecule has 2 aromatic rings. The minimum atomic E-state index is -1.17. The van der Waals surface area contributed by atoms with Crippen LogP contribution in [0.1, 0.15) is 37.3 Å². The molecule has 0 saturated carbocycles. The summed E-state index contributed by atoms with van der Waals surface area (Å²) in [6.07, 6.45) is 3.53. The maximum absolute atomic E-state index is 13.2. The zero-order chi connectivity index (χ0) is 14.5. The highest BCUT2D eigenvalue weighted by Crippen LogP contribution is 2.46. The van der Waals surface area contributed by atoms with E-state index in [2.05, 4.69) is 26.1 Å². The summed E-state index contributed by atoms with van der Waals surface area (Å²) in [6.45, 7) is 3.97.